The maximum Gasteiger partial charge on any atom is 0.0925 e. The van der Waals surface area contributed by atoms with Crippen LogP contribution in [0.4, 0.5) is 0 Å². The highest BCUT2D eigenvalue weighted by Gasteiger charge is 2.33. The van der Waals surface area contributed by atoms with Crippen LogP contribution in [0.2, 0.25) is 0 Å². The molecule has 3 nitrogen and oxygen atoms in total. The zero-order valence-corrected chi connectivity index (χ0v) is 12.2. The lowest BCUT2D eigenvalue weighted by Crippen LogP contribution is -2.50. The summed E-state index contributed by atoms with van der Waals surface area (Å²) >= 11 is 1.78. The fourth-order valence-electron chi connectivity index (χ4n) is 2.89. The average Bonchev–Trinajstić information content (AvgIpc) is 2.84. The van der Waals surface area contributed by atoms with Crippen LogP contribution in [0.25, 0.3) is 0 Å². The maximum atomic E-state index is 9.71. The molecule has 0 saturated heterocycles. The van der Waals surface area contributed by atoms with Crippen molar-refractivity contribution in [2.75, 3.05) is 6.61 Å². The fraction of sp³-hybridized carbons (Fsp3) is 0.786. The van der Waals surface area contributed by atoms with Gasteiger partial charge in [0.05, 0.1) is 11.6 Å². The van der Waals surface area contributed by atoms with Crippen LogP contribution in [0.15, 0.2) is 6.20 Å². The Bertz CT molecular complexity index is 380. The van der Waals surface area contributed by atoms with Crippen molar-refractivity contribution in [2.45, 2.75) is 58.0 Å². The summed E-state index contributed by atoms with van der Waals surface area (Å²) in [5, 5.41) is 14.5. The largest absolute Gasteiger partial charge is 0.394 e. The van der Waals surface area contributed by atoms with E-state index in [0.29, 0.717) is 5.92 Å². The number of nitrogens with zero attached hydrogens (tertiary/aromatic N) is 1. The van der Waals surface area contributed by atoms with E-state index in [2.05, 4.69) is 24.1 Å². The first-order valence-corrected chi connectivity index (χ1v) is 7.78. The minimum absolute atomic E-state index is 0.0615. The van der Waals surface area contributed by atoms with Gasteiger partial charge in [0, 0.05) is 23.2 Å². The van der Waals surface area contributed by atoms with Crippen molar-refractivity contribution in [3.63, 3.8) is 0 Å². The molecular formula is C14H24N2OS. The van der Waals surface area contributed by atoms with Crippen LogP contribution in [-0.4, -0.2) is 22.2 Å². The second-order valence-electron chi connectivity index (χ2n) is 5.57. The molecule has 1 aromatic rings. The molecule has 2 atom stereocenters. The third kappa shape index (κ3) is 3.31. The van der Waals surface area contributed by atoms with Gasteiger partial charge in [-0.3, -0.25) is 0 Å². The summed E-state index contributed by atoms with van der Waals surface area (Å²) in [4.78, 5) is 5.65. The van der Waals surface area contributed by atoms with Crippen LogP contribution in [0.3, 0.4) is 0 Å². The molecule has 18 heavy (non-hydrogen) atoms. The Hall–Kier alpha value is -0.450. The number of aromatic nitrogens is 1. The molecule has 0 spiro atoms. The standard InChI is InChI=1S/C14H24N2OS/c1-3-13-15-8-12(18-13)9-16-14(10-17)6-4-5-11(2)7-14/h8,11,16-17H,3-7,9-10H2,1-2H3. The molecule has 2 N–H and O–H groups in total. The first-order valence-electron chi connectivity index (χ1n) is 6.97. The number of aryl methyl sites for hydroxylation is 1. The van der Waals surface area contributed by atoms with Crippen molar-refractivity contribution >= 4 is 11.3 Å². The van der Waals surface area contributed by atoms with E-state index in [1.807, 2.05) is 6.20 Å². The quantitative estimate of drug-likeness (QED) is 0.863. The number of nitrogens with one attached hydrogen (secondary N) is 1. The van der Waals surface area contributed by atoms with Crippen LogP contribution in [0.1, 0.15) is 49.4 Å². The lowest BCUT2D eigenvalue weighted by Gasteiger charge is -2.39. The van der Waals surface area contributed by atoms with Crippen molar-refractivity contribution in [2.24, 2.45) is 5.92 Å². The number of hydrogen-bond donors (Lipinski definition) is 2. The van der Waals surface area contributed by atoms with Crippen molar-refractivity contribution in [3.8, 4) is 0 Å². The van der Waals surface area contributed by atoms with Crippen LogP contribution < -0.4 is 5.32 Å². The Morgan fingerprint density at radius 3 is 3.06 bits per heavy atom. The molecule has 1 fully saturated rings. The molecular weight excluding hydrogens is 244 g/mol. The van der Waals surface area contributed by atoms with E-state index in [4.69, 9.17) is 0 Å². The minimum Gasteiger partial charge on any atom is -0.394 e. The maximum absolute atomic E-state index is 9.71. The molecule has 1 aliphatic rings. The molecule has 2 rings (SSSR count). The van der Waals surface area contributed by atoms with Gasteiger partial charge >= 0.3 is 0 Å². The minimum atomic E-state index is -0.0615. The van der Waals surface area contributed by atoms with E-state index in [1.165, 1.54) is 22.7 Å². The Morgan fingerprint density at radius 2 is 2.44 bits per heavy atom. The van der Waals surface area contributed by atoms with Crippen LogP contribution in [0.5, 0.6) is 0 Å². The smallest absolute Gasteiger partial charge is 0.0925 e. The van der Waals surface area contributed by atoms with Gasteiger partial charge in [-0.2, -0.15) is 0 Å². The summed E-state index contributed by atoms with van der Waals surface area (Å²) in [7, 11) is 0. The van der Waals surface area contributed by atoms with Crippen LogP contribution in [-0.2, 0) is 13.0 Å². The summed E-state index contributed by atoms with van der Waals surface area (Å²) in [6.07, 6.45) is 7.67. The Labute approximate surface area is 114 Å². The molecule has 2 unspecified atom stereocenters. The van der Waals surface area contributed by atoms with Gasteiger partial charge in [-0.1, -0.05) is 26.7 Å². The third-order valence-corrected chi connectivity index (χ3v) is 5.08. The van der Waals surface area contributed by atoms with Gasteiger partial charge in [-0.05, 0) is 25.2 Å². The molecule has 1 aromatic heterocycles. The third-order valence-electron chi connectivity index (χ3n) is 3.94. The molecule has 4 heteroatoms. The van der Waals surface area contributed by atoms with Gasteiger partial charge in [-0.15, -0.1) is 11.3 Å². The summed E-state index contributed by atoms with van der Waals surface area (Å²) < 4.78 is 0. The molecule has 0 aromatic carbocycles. The number of aliphatic hydroxyl groups excluding tert-OH is 1. The molecule has 102 valence electrons. The lowest BCUT2D eigenvalue weighted by atomic mass is 9.77. The predicted octanol–water partition coefficient (Wildman–Crippen LogP) is 2.74. The molecule has 0 radical (unpaired) electrons. The summed E-state index contributed by atoms with van der Waals surface area (Å²) in [6.45, 7) is 5.50. The van der Waals surface area contributed by atoms with Gasteiger partial charge in [0.25, 0.3) is 0 Å². The van der Waals surface area contributed by atoms with E-state index in [9.17, 15) is 5.11 Å². The second kappa shape index (κ2) is 6.13. The van der Waals surface area contributed by atoms with E-state index < -0.39 is 0 Å². The van der Waals surface area contributed by atoms with Crippen LogP contribution in [0, 0.1) is 5.92 Å². The highest BCUT2D eigenvalue weighted by molar-refractivity contribution is 7.11. The number of thiazole rings is 1. The summed E-state index contributed by atoms with van der Waals surface area (Å²) in [6, 6.07) is 0. The fourth-order valence-corrected chi connectivity index (χ4v) is 3.69. The highest BCUT2D eigenvalue weighted by atomic mass is 32.1. The SMILES string of the molecule is CCc1ncc(CNC2(CO)CCCC(C)C2)s1. The van der Waals surface area contributed by atoms with Crippen LogP contribution >= 0.6 is 11.3 Å². The second-order valence-corrected chi connectivity index (χ2v) is 6.77. The number of rotatable bonds is 5. The Kier molecular flexibility index (Phi) is 4.76. The molecule has 1 heterocycles. The van der Waals surface area contributed by atoms with E-state index in [1.54, 1.807) is 11.3 Å². The zero-order chi connectivity index (χ0) is 13.0. The monoisotopic (exact) mass is 268 g/mol. The van der Waals surface area contributed by atoms with Gasteiger partial charge in [0.15, 0.2) is 0 Å². The van der Waals surface area contributed by atoms with Crippen molar-refractivity contribution < 1.29 is 5.11 Å². The molecule has 1 aliphatic carbocycles. The molecule has 0 bridgehead atoms. The Balaban J connectivity index is 1.93. The van der Waals surface area contributed by atoms with Gasteiger partial charge < -0.3 is 10.4 Å². The topological polar surface area (TPSA) is 45.2 Å². The highest BCUT2D eigenvalue weighted by Crippen LogP contribution is 2.32. The average molecular weight is 268 g/mol. The van der Waals surface area contributed by atoms with Gasteiger partial charge in [0.1, 0.15) is 0 Å². The van der Waals surface area contributed by atoms with Gasteiger partial charge in [0.2, 0.25) is 0 Å². The van der Waals surface area contributed by atoms with Crippen molar-refractivity contribution in [3.05, 3.63) is 16.1 Å². The first-order chi connectivity index (χ1) is 8.67. The zero-order valence-electron chi connectivity index (χ0n) is 11.4. The normalized spacial score (nSPS) is 28.5. The first kappa shape index (κ1) is 14.0. The van der Waals surface area contributed by atoms with Crippen molar-refractivity contribution in [1.29, 1.82) is 0 Å². The molecule has 1 saturated carbocycles. The van der Waals surface area contributed by atoms with E-state index in [-0.39, 0.29) is 12.1 Å². The Morgan fingerprint density at radius 1 is 1.61 bits per heavy atom. The van der Waals surface area contributed by atoms with Crippen molar-refractivity contribution in [1.82, 2.24) is 10.3 Å². The summed E-state index contributed by atoms with van der Waals surface area (Å²) in [5.41, 5.74) is -0.0615. The summed E-state index contributed by atoms with van der Waals surface area (Å²) in [5.74, 6) is 0.714. The lowest BCUT2D eigenvalue weighted by molar-refractivity contribution is 0.0985. The molecule has 0 amide bonds. The van der Waals surface area contributed by atoms with E-state index in [0.717, 1.165) is 25.8 Å². The predicted molar refractivity (Wildman–Crippen MR) is 75.8 cm³/mol. The van der Waals surface area contributed by atoms with E-state index >= 15 is 0 Å². The molecule has 0 aliphatic heterocycles. The number of aliphatic hydroxyl groups is 1. The van der Waals surface area contributed by atoms with Gasteiger partial charge in [-0.25, -0.2) is 4.98 Å². The number of hydrogen-bond acceptors (Lipinski definition) is 4.